The Morgan fingerprint density at radius 3 is 2.82 bits per heavy atom. The number of Topliss-reactive ketones (excluding diaryl/α,β-unsaturated/α-hetero) is 1. The molecule has 5 bridgehead atoms. The van der Waals surface area contributed by atoms with Gasteiger partial charge >= 0.3 is 0 Å². The first-order chi connectivity index (χ1) is 10.4. The van der Waals surface area contributed by atoms with E-state index in [1.807, 2.05) is 0 Å². The van der Waals surface area contributed by atoms with Crippen LogP contribution in [0.1, 0.15) is 33.1 Å². The Labute approximate surface area is 134 Å². The van der Waals surface area contributed by atoms with Gasteiger partial charge in [-0.15, -0.1) is 0 Å². The van der Waals surface area contributed by atoms with E-state index in [0.29, 0.717) is 16.6 Å². The third-order valence-corrected chi connectivity index (χ3v) is 6.78. The second-order valence-corrected chi connectivity index (χ2v) is 7.35. The molecule has 1 N–H and O–H groups in total. The fraction of sp³-hybridized carbons (Fsp3) is 0.529. The molecule has 116 valence electrons. The van der Waals surface area contributed by atoms with Gasteiger partial charge in [-0.2, -0.15) is 0 Å². The molecule has 0 saturated carbocycles. The molecule has 2 aliphatic heterocycles. The highest BCUT2D eigenvalue weighted by Crippen LogP contribution is 2.59. The predicted molar refractivity (Wildman–Crippen MR) is 83.8 cm³/mol. The first kappa shape index (κ1) is 14.1. The molecule has 0 radical (unpaired) electrons. The number of nitrogens with one attached hydrogen (secondary N) is 1. The standard InChI is InChI=1S/C17H19ClN2O2/c1-8-12-6-9-11(20(12)3)5-4-10-14(9)15(21)16(22)19-7-13(18)17(8,10)2/h7-8,12H,4-6H2,1-3H3,(H,19,22). The van der Waals surface area contributed by atoms with Crippen LogP contribution in [0.5, 0.6) is 0 Å². The summed E-state index contributed by atoms with van der Waals surface area (Å²) in [7, 11) is 2.10. The average Bonchev–Trinajstić information content (AvgIpc) is 2.82. The molecule has 0 aromatic heterocycles. The third-order valence-electron chi connectivity index (χ3n) is 6.27. The van der Waals surface area contributed by atoms with Gasteiger partial charge in [-0.25, -0.2) is 0 Å². The normalized spacial score (nSPS) is 37.1. The van der Waals surface area contributed by atoms with Crippen molar-refractivity contribution in [1.29, 1.82) is 0 Å². The SMILES string of the molecule is CC1C2CC3=C(CCC4=C3C(=O)C(=O)NC=C(Cl)C41C)N2C. The Morgan fingerprint density at radius 2 is 2.09 bits per heavy atom. The molecule has 3 unspecified atom stereocenters. The molecular weight excluding hydrogens is 300 g/mol. The van der Waals surface area contributed by atoms with Crippen LogP contribution in [-0.2, 0) is 9.59 Å². The summed E-state index contributed by atoms with van der Waals surface area (Å²) < 4.78 is 0. The highest BCUT2D eigenvalue weighted by atomic mass is 35.5. The molecule has 3 atom stereocenters. The zero-order valence-corrected chi connectivity index (χ0v) is 13.8. The molecule has 4 aliphatic rings. The van der Waals surface area contributed by atoms with Crippen LogP contribution in [0.15, 0.2) is 33.6 Å². The summed E-state index contributed by atoms with van der Waals surface area (Å²) in [6.07, 6.45) is 4.09. The zero-order valence-electron chi connectivity index (χ0n) is 13.0. The van der Waals surface area contributed by atoms with Crippen molar-refractivity contribution in [3.05, 3.63) is 33.6 Å². The Bertz CT molecular complexity index is 718. The van der Waals surface area contributed by atoms with E-state index in [1.165, 1.54) is 11.9 Å². The maximum absolute atomic E-state index is 12.7. The smallest absolute Gasteiger partial charge is 0.296 e. The van der Waals surface area contributed by atoms with Crippen LogP contribution < -0.4 is 5.32 Å². The number of halogens is 1. The molecule has 0 saturated heterocycles. The Balaban J connectivity index is 2.09. The number of rotatable bonds is 0. The van der Waals surface area contributed by atoms with Crippen molar-refractivity contribution < 1.29 is 9.59 Å². The summed E-state index contributed by atoms with van der Waals surface area (Å²) in [6.45, 7) is 4.33. The number of hydrogen-bond acceptors (Lipinski definition) is 3. The quantitative estimate of drug-likeness (QED) is 0.698. The van der Waals surface area contributed by atoms with Gasteiger partial charge in [-0.1, -0.05) is 25.4 Å². The van der Waals surface area contributed by atoms with Crippen LogP contribution in [-0.4, -0.2) is 29.7 Å². The third kappa shape index (κ3) is 1.44. The molecule has 5 heteroatoms. The molecule has 2 aliphatic carbocycles. The molecule has 0 spiro atoms. The summed E-state index contributed by atoms with van der Waals surface area (Å²) >= 11 is 6.62. The van der Waals surface area contributed by atoms with Crippen molar-refractivity contribution in [2.75, 3.05) is 7.05 Å². The van der Waals surface area contributed by atoms with Crippen LogP contribution in [0.2, 0.25) is 0 Å². The van der Waals surface area contributed by atoms with Gasteiger partial charge in [0.15, 0.2) is 0 Å². The second kappa shape index (κ2) is 4.25. The summed E-state index contributed by atoms with van der Waals surface area (Å²) in [5.74, 6) is -0.719. The highest BCUT2D eigenvalue weighted by Gasteiger charge is 2.54. The van der Waals surface area contributed by atoms with Gasteiger partial charge in [0.1, 0.15) is 0 Å². The topological polar surface area (TPSA) is 49.4 Å². The van der Waals surface area contributed by atoms with Crippen LogP contribution in [0.3, 0.4) is 0 Å². The molecule has 0 fully saturated rings. The summed E-state index contributed by atoms with van der Waals surface area (Å²) in [5, 5.41) is 3.19. The number of fused-ring (bicyclic) bond motifs is 1. The van der Waals surface area contributed by atoms with Gasteiger partial charge in [0.25, 0.3) is 11.7 Å². The maximum atomic E-state index is 12.7. The minimum atomic E-state index is -0.581. The van der Waals surface area contributed by atoms with E-state index in [1.54, 1.807) is 0 Å². The molecule has 1 amide bonds. The Kier molecular flexibility index (Phi) is 2.72. The number of nitrogens with zero attached hydrogens (tertiary/aromatic N) is 1. The molecule has 22 heavy (non-hydrogen) atoms. The van der Waals surface area contributed by atoms with E-state index in [0.717, 1.165) is 30.4 Å². The highest BCUT2D eigenvalue weighted by molar-refractivity contribution is 6.45. The fourth-order valence-corrected chi connectivity index (χ4v) is 5.13. The van der Waals surface area contributed by atoms with E-state index >= 15 is 0 Å². The number of allylic oxidation sites excluding steroid dienone is 3. The molecule has 4 rings (SSSR count). The van der Waals surface area contributed by atoms with Crippen molar-refractivity contribution in [1.82, 2.24) is 10.2 Å². The van der Waals surface area contributed by atoms with Gasteiger partial charge in [-0.3, -0.25) is 9.59 Å². The van der Waals surface area contributed by atoms with Crippen molar-refractivity contribution in [2.24, 2.45) is 11.3 Å². The Morgan fingerprint density at radius 1 is 1.36 bits per heavy atom. The fourth-order valence-electron chi connectivity index (χ4n) is 4.79. The monoisotopic (exact) mass is 318 g/mol. The number of carbonyl (C=O) groups is 2. The lowest BCUT2D eigenvalue weighted by atomic mass is 9.65. The van der Waals surface area contributed by atoms with Gasteiger partial charge < -0.3 is 10.2 Å². The summed E-state index contributed by atoms with van der Waals surface area (Å²) in [4.78, 5) is 27.1. The number of ketones is 1. The van der Waals surface area contributed by atoms with Crippen LogP contribution >= 0.6 is 11.6 Å². The van der Waals surface area contributed by atoms with E-state index in [4.69, 9.17) is 11.6 Å². The van der Waals surface area contributed by atoms with Crippen molar-refractivity contribution in [2.45, 2.75) is 39.2 Å². The van der Waals surface area contributed by atoms with Crippen LogP contribution in [0.25, 0.3) is 0 Å². The summed E-state index contributed by atoms with van der Waals surface area (Å²) in [6, 6.07) is 0.325. The molecule has 4 nitrogen and oxygen atoms in total. The lowest BCUT2D eigenvalue weighted by Gasteiger charge is -2.47. The van der Waals surface area contributed by atoms with E-state index in [9.17, 15) is 9.59 Å². The van der Waals surface area contributed by atoms with E-state index < -0.39 is 17.1 Å². The van der Waals surface area contributed by atoms with Gasteiger partial charge in [0.2, 0.25) is 0 Å². The zero-order chi connectivity index (χ0) is 15.8. The predicted octanol–water partition coefficient (Wildman–Crippen LogP) is 2.47. The van der Waals surface area contributed by atoms with Crippen LogP contribution in [0, 0.1) is 11.3 Å². The minimum absolute atomic E-state index is 0.268. The largest absolute Gasteiger partial charge is 0.374 e. The van der Waals surface area contributed by atoms with E-state index in [-0.39, 0.29) is 5.92 Å². The number of carbonyl (C=O) groups excluding carboxylic acids is 2. The second-order valence-electron chi connectivity index (χ2n) is 6.95. The lowest BCUT2D eigenvalue weighted by Crippen LogP contribution is -2.46. The number of hydrogen-bond donors (Lipinski definition) is 1. The van der Waals surface area contributed by atoms with Gasteiger partial charge in [-0.05, 0) is 36.3 Å². The van der Waals surface area contributed by atoms with Crippen molar-refractivity contribution in [3.8, 4) is 0 Å². The van der Waals surface area contributed by atoms with Gasteiger partial charge in [0, 0.05) is 41.0 Å². The molecule has 0 aromatic carbocycles. The molecule has 2 heterocycles. The van der Waals surface area contributed by atoms with Crippen LogP contribution in [0.4, 0.5) is 0 Å². The maximum Gasteiger partial charge on any atom is 0.296 e. The van der Waals surface area contributed by atoms with Crippen molar-refractivity contribution >= 4 is 23.3 Å². The Hall–Kier alpha value is -1.55. The van der Waals surface area contributed by atoms with Gasteiger partial charge in [0.05, 0.1) is 0 Å². The first-order valence-electron chi connectivity index (χ1n) is 7.77. The number of amides is 1. The lowest BCUT2D eigenvalue weighted by molar-refractivity contribution is -0.135. The number of likely N-dealkylation sites (tertiary alicyclic amines) is 1. The van der Waals surface area contributed by atoms with E-state index in [2.05, 4.69) is 31.1 Å². The average molecular weight is 319 g/mol. The first-order valence-corrected chi connectivity index (χ1v) is 8.15. The molecule has 0 aromatic rings. The minimum Gasteiger partial charge on any atom is -0.374 e. The summed E-state index contributed by atoms with van der Waals surface area (Å²) in [5.41, 5.74) is 3.63. The molecular formula is C17H19ClN2O2. The van der Waals surface area contributed by atoms with Crippen molar-refractivity contribution in [3.63, 3.8) is 0 Å².